The summed E-state index contributed by atoms with van der Waals surface area (Å²) < 4.78 is 4.78. The Morgan fingerprint density at radius 1 is 1.45 bits per heavy atom. The van der Waals surface area contributed by atoms with Crippen molar-refractivity contribution in [2.45, 2.75) is 0 Å². The van der Waals surface area contributed by atoms with Gasteiger partial charge in [0.1, 0.15) is 6.61 Å². The fourth-order valence-corrected chi connectivity index (χ4v) is 0.681. The lowest BCUT2D eigenvalue weighted by Gasteiger charge is -1.86. The van der Waals surface area contributed by atoms with E-state index in [2.05, 4.69) is 17.9 Å². The molecule has 1 nitrogen and oxygen atoms in total. The van der Waals surface area contributed by atoms with E-state index in [0.717, 1.165) is 5.56 Å². The SMILES string of the molecule is COCC#Cc1cc[c]cc1. The van der Waals surface area contributed by atoms with Crippen LogP contribution in [0.4, 0.5) is 0 Å². The zero-order valence-electron chi connectivity index (χ0n) is 6.42. The molecule has 1 heteroatoms. The van der Waals surface area contributed by atoms with Crippen molar-refractivity contribution >= 4 is 0 Å². The molecule has 1 rings (SSSR count). The Kier molecular flexibility index (Phi) is 3.24. The van der Waals surface area contributed by atoms with Crippen LogP contribution in [0.15, 0.2) is 24.3 Å². The number of hydrogen-bond acceptors (Lipinski definition) is 1. The van der Waals surface area contributed by atoms with E-state index in [4.69, 9.17) is 4.74 Å². The Hall–Kier alpha value is -1.26. The molecule has 11 heavy (non-hydrogen) atoms. The third kappa shape index (κ3) is 2.88. The lowest BCUT2D eigenvalue weighted by molar-refractivity contribution is 0.240. The molecular weight excluding hydrogens is 136 g/mol. The number of ether oxygens (including phenoxy) is 1. The van der Waals surface area contributed by atoms with Crippen LogP contribution in [0.3, 0.4) is 0 Å². The van der Waals surface area contributed by atoms with Crippen LogP contribution in [0, 0.1) is 17.9 Å². The average molecular weight is 145 g/mol. The normalized spacial score (nSPS) is 8.45. The number of hydrogen-bond donors (Lipinski definition) is 0. The van der Waals surface area contributed by atoms with E-state index in [0.29, 0.717) is 6.61 Å². The number of benzene rings is 1. The maximum atomic E-state index is 4.78. The highest BCUT2D eigenvalue weighted by Crippen LogP contribution is 1.93. The van der Waals surface area contributed by atoms with Crippen LogP contribution in [0.1, 0.15) is 5.56 Å². The first-order chi connectivity index (χ1) is 5.43. The fraction of sp³-hybridized carbons (Fsp3) is 0.200. The molecule has 0 aliphatic carbocycles. The van der Waals surface area contributed by atoms with Crippen LogP contribution < -0.4 is 0 Å². The molecule has 0 saturated carbocycles. The predicted octanol–water partition coefficient (Wildman–Crippen LogP) is 1.48. The molecule has 0 N–H and O–H groups in total. The molecule has 0 aliphatic rings. The van der Waals surface area contributed by atoms with E-state index in [1.807, 2.05) is 24.3 Å². The van der Waals surface area contributed by atoms with Crippen LogP contribution in [0.25, 0.3) is 0 Å². The van der Waals surface area contributed by atoms with E-state index in [1.54, 1.807) is 7.11 Å². The smallest absolute Gasteiger partial charge is 0.107 e. The number of rotatable bonds is 1. The third-order valence-electron chi connectivity index (χ3n) is 1.17. The Morgan fingerprint density at radius 2 is 2.18 bits per heavy atom. The summed E-state index contributed by atoms with van der Waals surface area (Å²) in [6, 6.07) is 10.5. The fourth-order valence-electron chi connectivity index (χ4n) is 0.681. The quantitative estimate of drug-likeness (QED) is 0.544. The zero-order chi connectivity index (χ0) is 7.94. The molecule has 1 radical (unpaired) electrons. The summed E-state index contributed by atoms with van der Waals surface area (Å²) in [5, 5.41) is 0. The van der Waals surface area contributed by atoms with Crippen LogP contribution >= 0.6 is 0 Å². The average Bonchev–Trinajstić information content (AvgIpc) is 2.07. The minimum Gasteiger partial charge on any atom is -0.372 e. The first-order valence-electron chi connectivity index (χ1n) is 3.37. The van der Waals surface area contributed by atoms with Crippen molar-refractivity contribution in [2.75, 3.05) is 13.7 Å². The summed E-state index contributed by atoms with van der Waals surface area (Å²) in [6.07, 6.45) is 0. The van der Waals surface area contributed by atoms with Crippen molar-refractivity contribution in [3.05, 3.63) is 35.9 Å². The summed E-state index contributed by atoms with van der Waals surface area (Å²) in [5.74, 6) is 5.82. The van der Waals surface area contributed by atoms with Gasteiger partial charge in [0.05, 0.1) is 0 Å². The summed E-state index contributed by atoms with van der Waals surface area (Å²) >= 11 is 0. The monoisotopic (exact) mass is 145 g/mol. The third-order valence-corrected chi connectivity index (χ3v) is 1.17. The lowest BCUT2D eigenvalue weighted by Crippen LogP contribution is -1.81. The molecule has 0 aliphatic heterocycles. The van der Waals surface area contributed by atoms with Gasteiger partial charge in [-0.2, -0.15) is 0 Å². The van der Waals surface area contributed by atoms with E-state index < -0.39 is 0 Å². The largest absolute Gasteiger partial charge is 0.372 e. The van der Waals surface area contributed by atoms with Crippen LogP contribution in [0.5, 0.6) is 0 Å². The van der Waals surface area contributed by atoms with E-state index in [1.165, 1.54) is 0 Å². The molecule has 55 valence electrons. The Morgan fingerprint density at radius 3 is 2.82 bits per heavy atom. The topological polar surface area (TPSA) is 9.23 Å². The van der Waals surface area contributed by atoms with Gasteiger partial charge in [-0.15, -0.1) is 0 Å². The summed E-state index contributed by atoms with van der Waals surface area (Å²) in [6.45, 7) is 0.485. The molecule has 0 heterocycles. The second kappa shape index (κ2) is 4.54. The minimum absolute atomic E-state index is 0.485. The molecule has 0 amide bonds. The van der Waals surface area contributed by atoms with Gasteiger partial charge in [0.2, 0.25) is 0 Å². The summed E-state index contributed by atoms with van der Waals surface area (Å²) in [7, 11) is 1.63. The highest BCUT2D eigenvalue weighted by molar-refractivity contribution is 5.33. The first-order valence-corrected chi connectivity index (χ1v) is 3.37. The Labute approximate surface area is 67.0 Å². The molecule has 0 saturated heterocycles. The summed E-state index contributed by atoms with van der Waals surface area (Å²) in [5.41, 5.74) is 1.00. The molecule has 0 atom stereocenters. The van der Waals surface area contributed by atoms with Crippen LogP contribution in [0.2, 0.25) is 0 Å². The predicted molar refractivity (Wildman–Crippen MR) is 44.0 cm³/mol. The lowest BCUT2D eigenvalue weighted by atomic mass is 10.2. The number of methoxy groups -OCH3 is 1. The molecule has 0 spiro atoms. The van der Waals surface area contributed by atoms with Gasteiger partial charge in [-0.25, -0.2) is 0 Å². The molecular formula is C10H9O. The maximum Gasteiger partial charge on any atom is 0.107 e. The molecule has 0 bridgehead atoms. The van der Waals surface area contributed by atoms with E-state index >= 15 is 0 Å². The molecule has 0 fully saturated rings. The van der Waals surface area contributed by atoms with Gasteiger partial charge in [-0.1, -0.05) is 24.0 Å². The van der Waals surface area contributed by atoms with Crippen molar-refractivity contribution in [1.82, 2.24) is 0 Å². The molecule has 0 aromatic heterocycles. The van der Waals surface area contributed by atoms with Crippen molar-refractivity contribution in [3.8, 4) is 11.8 Å². The second-order valence-electron chi connectivity index (χ2n) is 2.02. The Bertz CT molecular complexity index is 253. The molecule has 1 aromatic rings. The van der Waals surface area contributed by atoms with Crippen molar-refractivity contribution in [1.29, 1.82) is 0 Å². The first kappa shape index (κ1) is 7.84. The van der Waals surface area contributed by atoms with E-state index in [-0.39, 0.29) is 0 Å². The standard InChI is InChI=1S/C10H9O/c1-11-9-5-8-10-6-3-2-4-7-10/h3-4,6-7H,9H2,1H3. The Balaban J connectivity index is 2.59. The van der Waals surface area contributed by atoms with Crippen molar-refractivity contribution in [2.24, 2.45) is 0 Å². The highest BCUT2D eigenvalue weighted by Gasteiger charge is 1.79. The van der Waals surface area contributed by atoms with Gasteiger partial charge in [0, 0.05) is 12.7 Å². The van der Waals surface area contributed by atoms with Gasteiger partial charge < -0.3 is 4.74 Å². The van der Waals surface area contributed by atoms with Crippen LogP contribution in [-0.2, 0) is 4.74 Å². The van der Waals surface area contributed by atoms with Crippen molar-refractivity contribution in [3.63, 3.8) is 0 Å². The highest BCUT2D eigenvalue weighted by atomic mass is 16.5. The maximum absolute atomic E-state index is 4.78. The van der Waals surface area contributed by atoms with Gasteiger partial charge in [0.25, 0.3) is 0 Å². The van der Waals surface area contributed by atoms with Gasteiger partial charge in [-0.3, -0.25) is 0 Å². The van der Waals surface area contributed by atoms with Gasteiger partial charge in [-0.05, 0) is 18.2 Å². The van der Waals surface area contributed by atoms with Gasteiger partial charge >= 0.3 is 0 Å². The zero-order valence-corrected chi connectivity index (χ0v) is 6.42. The second-order valence-corrected chi connectivity index (χ2v) is 2.02. The summed E-state index contributed by atoms with van der Waals surface area (Å²) in [4.78, 5) is 0. The van der Waals surface area contributed by atoms with E-state index in [9.17, 15) is 0 Å². The minimum atomic E-state index is 0.485. The van der Waals surface area contributed by atoms with Gasteiger partial charge in [0.15, 0.2) is 0 Å². The van der Waals surface area contributed by atoms with Crippen LogP contribution in [-0.4, -0.2) is 13.7 Å². The molecule has 1 aromatic carbocycles. The molecule has 0 unspecified atom stereocenters. The van der Waals surface area contributed by atoms with Crippen molar-refractivity contribution < 1.29 is 4.74 Å².